The van der Waals surface area contributed by atoms with Gasteiger partial charge in [0.25, 0.3) is 0 Å². The van der Waals surface area contributed by atoms with Crippen LogP contribution in [0.4, 0.5) is 0 Å². The maximum absolute atomic E-state index is 12.0. The van der Waals surface area contributed by atoms with Crippen molar-refractivity contribution in [3.05, 3.63) is 0 Å². The molecule has 0 aromatic carbocycles. The molecule has 3 heteroatoms. The molecular formula is C31H60O3. The van der Waals surface area contributed by atoms with Gasteiger partial charge in [-0.25, -0.2) is 0 Å². The summed E-state index contributed by atoms with van der Waals surface area (Å²) in [7, 11) is 0. The van der Waals surface area contributed by atoms with E-state index in [9.17, 15) is 14.7 Å². The fourth-order valence-corrected chi connectivity index (χ4v) is 4.73. The summed E-state index contributed by atoms with van der Waals surface area (Å²) < 4.78 is 0. The van der Waals surface area contributed by atoms with E-state index in [1.54, 1.807) is 0 Å². The van der Waals surface area contributed by atoms with Gasteiger partial charge >= 0.3 is 0 Å². The van der Waals surface area contributed by atoms with Crippen molar-refractivity contribution < 1.29 is 14.7 Å². The number of carbonyl (C=O) groups is 2. The fourth-order valence-electron chi connectivity index (χ4n) is 4.73. The van der Waals surface area contributed by atoms with Gasteiger partial charge in [0.1, 0.15) is 11.6 Å². The molecule has 0 saturated heterocycles. The maximum Gasteiger partial charge on any atom is 0.140 e. The van der Waals surface area contributed by atoms with Gasteiger partial charge in [-0.15, -0.1) is 0 Å². The number of ketones is 2. The summed E-state index contributed by atoms with van der Waals surface area (Å²) in [4.78, 5) is 24.1. The summed E-state index contributed by atoms with van der Waals surface area (Å²) in [5, 5.41) is 9.84. The molecule has 0 saturated carbocycles. The second kappa shape index (κ2) is 26.9. The Labute approximate surface area is 213 Å². The topological polar surface area (TPSA) is 54.4 Å². The number of aliphatic hydroxyl groups excluding tert-OH is 1. The van der Waals surface area contributed by atoms with E-state index in [4.69, 9.17) is 0 Å². The Balaban J connectivity index is 3.35. The van der Waals surface area contributed by atoms with Crippen LogP contribution in [0.25, 0.3) is 0 Å². The smallest absolute Gasteiger partial charge is 0.140 e. The fraction of sp³-hybridized carbons (Fsp3) is 0.935. The first kappa shape index (κ1) is 33.3. The molecule has 0 unspecified atom stereocenters. The Hall–Kier alpha value is -0.700. The first-order valence-electron chi connectivity index (χ1n) is 15.3. The average Bonchev–Trinajstić information content (AvgIpc) is 2.82. The summed E-state index contributed by atoms with van der Waals surface area (Å²) in [5.74, 6) is 0.286. The minimum atomic E-state index is -0.116. The van der Waals surface area contributed by atoms with Crippen molar-refractivity contribution in [2.24, 2.45) is 0 Å². The molecule has 0 bridgehead atoms. The Kier molecular flexibility index (Phi) is 26.3. The first-order valence-corrected chi connectivity index (χ1v) is 15.3. The van der Waals surface area contributed by atoms with E-state index in [1.807, 2.05) is 0 Å². The van der Waals surface area contributed by atoms with Crippen molar-refractivity contribution in [2.45, 2.75) is 187 Å². The molecule has 0 aliphatic carbocycles. The number of unbranched alkanes of at least 4 members (excludes halogenated alkanes) is 18. The van der Waals surface area contributed by atoms with Crippen LogP contribution in [-0.2, 0) is 9.59 Å². The quantitative estimate of drug-likeness (QED) is 0.0895. The van der Waals surface area contributed by atoms with Gasteiger partial charge in [0.2, 0.25) is 0 Å². The van der Waals surface area contributed by atoms with E-state index in [1.165, 1.54) is 83.5 Å². The lowest BCUT2D eigenvalue weighted by molar-refractivity contribution is -0.127. The molecule has 0 spiro atoms. The molecule has 0 aromatic rings. The number of hydrogen-bond acceptors (Lipinski definition) is 3. The molecule has 0 aromatic heterocycles. The van der Waals surface area contributed by atoms with Crippen molar-refractivity contribution in [3.63, 3.8) is 0 Å². The number of Topliss-reactive ketones (excluding diaryl/α,β-unsaturated/α-hetero) is 2. The summed E-state index contributed by atoms with van der Waals surface area (Å²) in [6, 6.07) is 0. The molecule has 0 amide bonds. The van der Waals surface area contributed by atoms with E-state index in [2.05, 4.69) is 13.8 Å². The van der Waals surface area contributed by atoms with Crippen LogP contribution in [0.15, 0.2) is 0 Å². The van der Waals surface area contributed by atoms with Gasteiger partial charge in [0.15, 0.2) is 0 Å². The molecule has 1 N–H and O–H groups in total. The van der Waals surface area contributed by atoms with E-state index in [0.717, 1.165) is 64.2 Å². The highest BCUT2D eigenvalue weighted by atomic mass is 16.3. The number of hydrogen-bond donors (Lipinski definition) is 1. The molecule has 0 aliphatic rings. The lowest BCUT2D eigenvalue weighted by Gasteiger charge is -2.09. The molecule has 34 heavy (non-hydrogen) atoms. The van der Waals surface area contributed by atoms with Crippen LogP contribution >= 0.6 is 0 Å². The molecule has 0 fully saturated rings. The van der Waals surface area contributed by atoms with Gasteiger partial charge in [-0.3, -0.25) is 9.59 Å². The maximum atomic E-state index is 12.0. The van der Waals surface area contributed by atoms with E-state index in [0.29, 0.717) is 12.8 Å². The van der Waals surface area contributed by atoms with Crippen LogP contribution in [-0.4, -0.2) is 22.8 Å². The highest BCUT2D eigenvalue weighted by Gasteiger charge is 2.09. The third-order valence-corrected chi connectivity index (χ3v) is 7.09. The minimum absolute atomic E-state index is 0.116. The molecule has 1 atom stereocenters. The van der Waals surface area contributed by atoms with Crippen LogP contribution in [0.2, 0.25) is 0 Å². The van der Waals surface area contributed by atoms with Crippen LogP contribution < -0.4 is 0 Å². The second-order valence-corrected chi connectivity index (χ2v) is 10.7. The van der Waals surface area contributed by atoms with E-state index in [-0.39, 0.29) is 24.1 Å². The third kappa shape index (κ3) is 25.9. The summed E-state index contributed by atoms with van der Waals surface area (Å²) >= 11 is 0. The highest BCUT2D eigenvalue weighted by Crippen LogP contribution is 2.15. The molecule has 202 valence electrons. The number of rotatable bonds is 28. The number of carbonyl (C=O) groups excluding carboxylic acids is 2. The van der Waals surface area contributed by atoms with E-state index >= 15 is 0 Å². The van der Waals surface area contributed by atoms with Gasteiger partial charge in [0.05, 0.1) is 12.5 Å². The predicted molar refractivity (Wildman–Crippen MR) is 147 cm³/mol. The Morgan fingerprint density at radius 1 is 0.471 bits per heavy atom. The van der Waals surface area contributed by atoms with Gasteiger partial charge in [-0.05, 0) is 25.7 Å². The summed E-state index contributed by atoms with van der Waals surface area (Å²) in [6.45, 7) is 4.43. The van der Waals surface area contributed by atoms with Crippen molar-refractivity contribution in [1.29, 1.82) is 0 Å². The summed E-state index contributed by atoms with van der Waals surface area (Å²) in [5.41, 5.74) is 0. The van der Waals surface area contributed by atoms with Crippen molar-refractivity contribution >= 4 is 11.6 Å². The third-order valence-electron chi connectivity index (χ3n) is 7.09. The Morgan fingerprint density at radius 3 is 1.21 bits per heavy atom. The van der Waals surface area contributed by atoms with Gasteiger partial charge < -0.3 is 5.11 Å². The number of aliphatic hydroxyl groups is 1. The Morgan fingerprint density at radius 2 is 0.794 bits per heavy atom. The van der Waals surface area contributed by atoms with Crippen molar-refractivity contribution in [1.82, 2.24) is 0 Å². The molecule has 0 radical (unpaired) electrons. The molecule has 0 rings (SSSR count). The lowest BCUT2D eigenvalue weighted by atomic mass is 10.0. The standard InChI is InChI=1S/C31H60O3/c1-3-5-7-8-9-10-11-12-13-14-15-19-22-26-30(33)28-31(34)27-23-20-17-16-18-21-25-29(32)24-6-4-2/h29,32H,3-28H2,1-2H3/t29-/m1/s1. The molecular weight excluding hydrogens is 420 g/mol. The highest BCUT2D eigenvalue weighted by molar-refractivity contribution is 5.98. The zero-order valence-electron chi connectivity index (χ0n) is 23.2. The SMILES string of the molecule is CCCCCCCCCCCCCCCC(=O)CC(=O)CCCCCCCC[C@H](O)CCCC. The van der Waals surface area contributed by atoms with Gasteiger partial charge in [0, 0.05) is 12.8 Å². The van der Waals surface area contributed by atoms with Crippen LogP contribution in [0.1, 0.15) is 181 Å². The predicted octanol–water partition coefficient (Wildman–Crippen LogP) is 9.67. The van der Waals surface area contributed by atoms with Crippen LogP contribution in [0.3, 0.4) is 0 Å². The molecule has 0 aliphatic heterocycles. The Bertz CT molecular complexity index is 446. The minimum Gasteiger partial charge on any atom is -0.393 e. The van der Waals surface area contributed by atoms with E-state index < -0.39 is 0 Å². The van der Waals surface area contributed by atoms with Crippen LogP contribution in [0, 0.1) is 0 Å². The first-order chi connectivity index (χ1) is 16.6. The van der Waals surface area contributed by atoms with Crippen LogP contribution in [0.5, 0.6) is 0 Å². The zero-order chi connectivity index (χ0) is 25.1. The van der Waals surface area contributed by atoms with Gasteiger partial charge in [-0.1, -0.05) is 136 Å². The van der Waals surface area contributed by atoms with Crippen molar-refractivity contribution in [3.8, 4) is 0 Å². The molecule has 3 nitrogen and oxygen atoms in total. The van der Waals surface area contributed by atoms with Crippen molar-refractivity contribution in [2.75, 3.05) is 0 Å². The monoisotopic (exact) mass is 480 g/mol. The average molecular weight is 481 g/mol. The normalized spacial score (nSPS) is 12.2. The summed E-state index contributed by atoms with van der Waals surface area (Å²) in [6.07, 6.45) is 29.0. The van der Waals surface area contributed by atoms with Gasteiger partial charge in [-0.2, -0.15) is 0 Å². The second-order valence-electron chi connectivity index (χ2n) is 10.7. The lowest BCUT2D eigenvalue weighted by Crippen LogP contribution is -2.07. The molecule has 0 heterocycles. The largest absolute Gasteiger partial charge is 0.393 e. The zero-order valence-corrected chi connectivity index (χ0v) is 23.2.